The van der Waals surface area contributed by atoms with Gasteiger partial charge in [-0.25, -0.2) is 4.98 Å². The summed E-state index contributed by atoms with van der Waals surface area (Å²) in [6, 6.07) is 7.69. The molecule has 0 N–H and O–H groups in total. The van der Waals surface area contributed by atoms with Crippen LogP contribution in [0.5, 0.6) is 11.5 Å². The van der Waals surface area contributed by atoms with Gasteiger partial charge in [0, 0.05) is 12.7 Å². The summed E-state index contributed by atoms with van der Waals surface area (Å²) >= 11 is 1.34. The van der Waals surface area contributed by atoms with Gasteiger partial charge in [-0.3, -0.25) is 0 Å². The van der Waals surface area contributed by atoms with Crippen LogP contribution in [0.1, 0.15) is 10.6 Å². The topological polar surface area (TPSA) is 64.4 Å². The normalized spacial score (nSPS) is 10.1. The number of hydrogen-bond donors (Lipinski definition) is 0. The molecule has 104 valence electrons. The lowest BCUT2D eigenvalue weighted by molar-refractivity contribution is 0.182. The monoisotopic (exact) mass is 290 g/mol. The molecule has 0 saturated carbocycles. The van der Waals surface area contributed by atoms with Crippen LogP contribution < -0.4 is 9.47 Å². The fraction of sp³-hybridized carbons (Fsp3) is 0.286. The Kier molecular flexibility index (Phi) is 4.56. The second-order valence-corrected chi connectivity index (χ2v) is 4.91. The molecule has 0 radical (unpaired) electrons. The Balaban J connectivity index is 2.44. The van der Waals surface area contributed by atoms with Crippen molar-refractivity contribution in [3.8, 4) is 28.1 Å². The SMILES string of the molecule is COCc1nc(-c2ccc(OC)c(OC)c2)sc1C#N. The maximum atomic E-state index is 9.11. The van der Waals surface area contributed by atoms with Gasteiger partial charge in [0.25, 0.3) is 0 Å². The number of hydrogen-bond acceptors (Lipinski definition) is 6. The van der Waals surface area contributed by atoms with Crippen LogP contribution in [-0.2, 0) is 11.3 Å². The zero-order valence-electron chi connectivity index (χ0n) is 11.5. The van der Waals surface area contributed by atoms with E-state index in [-0.39, 0.29) is 0 Å². The van der Waals surface area contributed by atoms with Gasteiger partial charge in [0.1, 0.15) is 16.0 Å². The summed E-state index contributed by atoms with van der Waals surface area (Å²) in [5, 5.41) is 9.87. The summed E-state index contributed by atoms with van der Waals surface area (Å²) in [5.41, 5.74) is 1.54. The first-order valence-corrected chi connectivity index (χ1v) is 6.66. The van der Waals surface area contributed by atoms with E-state index in [1.165, 1.54) is 11.3 Å². The zero-order chi connectivity index (χ0) is 14.5. The molecular weight excluding hydrogens is 276 g/mol. The molecule has 0 aliphatic heterocycles. The molecule has 0 aliphatic rings. The van der Waals surface area contributed by atoms with Crippen molar-refractivity contribution in [1.29, 1.82) is 5.26 Å². The molecule has 1 aromatic carbocycles. The van der Waals surface area contributed by atoms with Crippen LogP contribution >= 0.6 is 11.3 Å². The molecule has 0 fully saturated rings. The molecule has 0 aliphatic carbocycles. The molecule has 0 spiro atoms. The van der Waals surface area contributed by atoms with Crippen molar-refractivity contribution in [2.45, 2.75) is 6.61 Å². The minimum absolute atomic E-state index is 0.326. The highest BCUT2D eigenvalue weighted by atomic mass is 32.1. The number of nitrogens with zero attached hydrogens (tertiary/aromatic N) is 2. The Morgan fingerprint density at radius 3 is 2.55 bits per heavy atom. The van der Waals surface area contributed by atoms with Crippen molar-refractivity contribution < 1.29 is 14.2 Å². The summed E-state index contributed by atoms with van der Waals surface area (Å²) in [6.07, 6.45) is 0. The number of benzene rings is 1. The van der Waals surface area contributed by atoms with Crippen molar-refractivity contribution in [3.05, 3.63) is 28.8 Å². The fourth-order valence-corrected chi connectivity index (χ4v) is 2.63. The summed E-state index contributed by atoms with van der Waals surface area (Å²) in [5.74, 6) is 1.29. The number of nitriles is 1. The van der Waals surface area contributed by atoms with Crippen LogP contribution in [0.4, 0.5) is 0 Å². The molecule has 5 nitrogen and oxygen atoms in total. The van der Waals surface area contributed by atoms with E-state index in [1.807, 2.05) is 18.2 Å². The van der Waals surface area contributed by atoms with Crippen LogP contribution in [0.3, 0.4) is 0 Å². The molecule has 2 rings (SSSR count). The Labute approximate surface area is 121 Å². The van der Waals surface area contributed by atoms with Gasteiger partial charge < -0.3 is 14.2 Å². The third-order valence-corrected chi connectivity index (χ3v) is 3.76. The quantitative estimate of drug-likeness (QED) is 0.847. The first-order valence-electron chi connectivity index (χ1n) is 5.84. The molecule has 1 aromatic heterocycles. The Morgan fingerprint density at radius 2 is 1.95 bits per heavy atom. The summed E-state index contributed by atoms with van der Waals surface area (Å²) in [7, 11) is 4.75. The minimum Gasteiger partial charge on any atom is -0.493 e. The molecule has 0 unspecified atom stereocenters. The van der Waals surface area contributed by atoms with Crippen molar-refractivity contribution in [2.24, 2.45) is 0 Å². The zero-order valence-corrected chi connectivity index (χ0v) is 12.3. The van der Waals surface area contributed by atoms with Gasteiger partial charge in [-0.05, 0) is 18.2 Å². The Bertz CT molecular complexity index is 646. The van der Waals surface area contributed by atoms with Gasteiger partial charge in [0.2, 0.25) is 0 Å². The standard InChI is InChI=1S/C14H14N2O3S/c1-17-8-10-13(7-15)20-14(16-10)9-4-5-11(18-2)12(6-9)19-3/h4-6H,8H2,1-3H3. The van der Waals surface area contributed by atoms with Gasteiger partial charge in [0.15, 0.2) is 11.5 Å². The smallest absolute Gasteiger partial charge is 0.161 e. The lowest BCUT2D eigenvalue weighted by Gasteiger charge is -2.08. The van der Waals surface area contributed by atoms with Crippen molar-refractivity contribution in [3.63, 3.8) is 0 Å². The average Bonchev–Trinajstić information content (AvgIpc) is 2.90. The van der Waals surface area contributed by atoms with Crippen molar-refractivity contribution in [2.75, 3.05) is 21.3 Å². The average molecular weight is 290 g/mol. The van der Waals surface area contributed by atoms with E-state index in [2.05, 4.69) is 11.1 Å². The van der Waals surface area contributed by atoms with E-state index >= 15 is 0 Å². The Morgan fingerprint density at radius 1 is 1.20 bits per heavy atom. The van der Waals surface area contributed by atoms with Crippen LogP contribution in [0.2, 0.25) is 0 Å². The minimum atomic E-state index is 0.326. The molecule has 20 heavy (non-hydrogen) atoms. The van der Waals surface area contributed by atoms with Gasteiger partial charge in [-0.1, -0.05) is 0 Å². The van der Waals surface area contributed by atoms with Gasteiger partial charge in [0.05, 0.1) is 26.5 Å². The first kappa shape index (κ1) is 14.3. The van der Waals surface area contributed by atoms with E-state index in [0.717, 1.165) is 10.6 Å². The fourth-order valence-electron chi connectivity index (χ4n) is 1.77. The second kappa shape index (κ2) is 6.37. The molecule has 0 bridgehead atoms. The molecule has 1 heterocycles. The van der Waals surface area contributed by atoms with Crippen molar-refractivity contribution >= 4 is 11.3 Å². The van der Waals surface area contributed by atoms with Crippen LogP contribution in [0.15, 0.2) is 18.2 Å². The summed E-state index contributed by atoms with van der Waals surface area (Å²) in [4.78, 5) is 5.01. The summed E-state index contributed by atoms with van der Waals surface area (Å²) in [6.45, 7) is 0.326. The maximum Gasteiger partial charge on any atom is 0.161 e. The van der Waals surface area contributed by atoms with Crippen molar-refractivity contribution in [1.82, 2.24) is 4.98 Å². The predicted octanol–water partition coefficient (Wildman–Crippen LogP) is 2.85. The van der Waals surface area contributed by atoms with E-state index in [4.69, 9.17) is 19.5 Å². The molecule has 2 aromatic rings. The van der Waals surface area contributed by atoms with Gasteiger partial charge in [-0.15, -0.1) is 11.3 Å². The summed E-state index contributed by atoms with van der Waals surface area (Å²) < 4.78 is 15.5. The first-order chi connectivity index (χ1) is 9.73. The lowest BCUT2D eigenvalue weighted by atomic mass is 10.2. The van der Waals surface area contributed by atoms with Crippen LogP contribution in [0, 0.1) is 11.3 Å². The number of aromatic nitrogens is 1. The lowest BCUT2D eigenvalue weighted by Crippen LogP contribution is -1.92. The van der Waals surface area contributed by atoms with Gasteiger partial charge in [-0.2, -0.15) is 5.26 Å². The van der Waals surface area contributed by atoms with Crippen LogP contribution in [0.25, 0.3) is 10.6 Å². The molecule has 6 heteroatoms. The van der Waals surface area contributed by atoms with Gasteiger partial charge >= 0.3 is 0 Å². The molecular formula is C14H14N2O3S. The number of thiazole rings is 1. The number of methoxy groups -OCH3 is 3. The van der Waals surface area contributed by atoms with E-state index in [0.29, 0.717) is 28.7 Å². The third-order valence-electron chi connectivity index (χ3n) is 2.71. The van der Waals surface area contributed by atoms with E-state index < -0.39 is 0 Å². The highest BCUT2D eigenvalue weighted by Crippen LogP contribution is 2.34. The second-order valence-electron chi connectivity index (χ2n) is 3.91. The predicted molar refractivity (Wildman–Crippen MR) is 76.1 cm³/mol. The van der Waals surface area contributed by atoms with E-state index in [1.54, 1.807) is 21.3 Å². The van der Waals surface area contributed by atoms with E-state index in [9.17, 15) is 0 Å². The number of ether oxygens (including phenoxy) is 3. The highest BCUT2D eigenvalue weighted by molar-refractivity contribution is 7.15. The Hall–Kier alpha value is -2.10. The highest BCUT2D eigenvalue weighted by Gasteiger charge is 2.14. The third kappa shape index (κ3) is 2.74. The number of rotatable bonds is 5. The van der Waals surface area contributed by atoms with Crippen LogP contribution in [-0.4, -0.2) is 26.3 Å². The maximum absolute atomic E-state index is 9.11. The molecule has 0 amide bonds. The molecule has 0 atom stereocenters. The molecule has 0 saturated heterocycles. The largest absolute Gasteiger partial charge is 0.493 e.